The highest BCUT2D eigenvalue weighted by molar-refractivity contribution is 9.10. The lowest BCUT2D eigenvalue weighted by atomic mass is 10.1. The number of nitrogens with two attached hydrogens (primary N) is 1. The van der Waals surface area contributed by atoms with Crippen LogP contribution in [-0.2, 0) is 11.3 Å². The van der Waals surface area contributed by atoms with Crippen LogP contribution in [-0.4, -0.2) is 70.7 Å². The second-order valence-electron chi connectivity index (χ2n) is 8.03. The summed E-state index contributed by atoms with van der Waals surface area (Å²) in [5.74, 6) is 1.78. The van der Waals surface area contributed by atoms with E-state index in [2.05, 4.69) is 36.1 Å². The third-order valence-electron chi connectivity index (χ3n) is 5.47. The van der Waals surface area contributed by atoms with Gasteiger partial charge in [-0.25, -0.2) is 9.38 Å². The van der Waals surface area contributed by atoms with Crippen molar-refractivity contribution in [3.8, 4) is 17.2 Å². The number of nitrogens with one attached hydrogen (secondary N) is 1. The van der Waals surface area contributed by atoms with Crippen LogP contribution in [0, 0.1) is 5.82 Å². The number of benzene rings is 2. The maximum absolute atomic E-state index is 13.6. The number of ether oxygens (including phenoxy) is 4. The van der Waals surface area contributed by atoms with Crippen molar-refractivity contribution in [1.29, 1.82) is 0 Å². The van der Waals surface area contributed by atoms with E-state index in [0.717, 1.165) is 44.8 Å². The molecule has 0 spiro atoms. The van der Waals surface area contributed by atoms with E-state index in [0.29, 0.717) is 39.9 Å². The van der Waals surface area contributed by atoms with E-state index in [1.165, 1.54) is 18.7 Å². The highest BCUT2D eigenvalue weighted by Gasteiger charge is 2.13. The number of aliphatic imine (C=N–C) groups is 2. The third kappa shape index (κ3) is 9.12. The number of anilines is 1. The van der Waals surface area contributed by atoms with Crippen LogP contribution in [0.1, 0.15) is 12.0 Å². The van der Waals surface area contributed by atoms with Gasteiger partial charge in [-0.15, -0.1) is 0 Å². The standard InChI is InChI=1S/C26H33BrFN5O4/c1-30-18-31-26(32-20-4-5-22(28)21(27)15-20)6-11-37-23-16-24(34-2)25(14-19(23)17-29)36-10-3-7-33-8-12-35-13-9-33/h4-6,11,14-16,18H,3,7-10,12-13,17,29H2,1-2H3,(H,30,31,32)/b11-6+. The first-order valence-electron chi connectivity index (χ1n) is 11.9. The van der Waals surface area contributed by atoms with Crippen molar-refractivity contribution in [2.24, 2.45) is 15.7 Å². The molecule has 0 radical (unpaired) electrons. The lowest BCUT2D eigenvalue weighted by molar-refractivity contribution is 0.0357. The van der Waals surface area contributed by atoms with E-state index in [9.17, 15) is 4.39 Å². The summed E-state index contributed by atoms with van der Waals surface area (Å²) >= 11 is 3.18. The second kappa shape index (κ2) is 15.3. The summed E-state index contributed by atoms with van der Waals surface area (Å²) in [5, 5.41) is 3.10. The molecule has 9 nitrogen and oxygen atoms in total. The van der Waals surface area contributed by atoms with Crippen LogP contribution in [0.3, 0.4) is 0 Å². The molecular weight excluding hydrogens is 545 g/mol. The molecule has 11 heteroatoms. The lowest BCUT2D eigenvalue weighted by Crippen LogP contribution is -2.37. The SMILES string of the molecule is CN=CN=C(/C=C/Oc1cc(OC)c(OCCCN2CCOCC2)cc1CN)Nc1ccc(F)c(Br)c1. The van der Waals surface area contributed by atoms with Gasteiger partial charge in [-0.05, 0) is 46.6 Å². The summed E-state index contributed by atoms with van der Waals surface area (Å²) in [5.41, 5.74) is 7.38. The Balaban J connectivity index is 1.65. The Hall–Kier alpha value is -2.99. The fraction of sp³-hybridized carbons (Fsp3) is 0.385. The number of morpholine rings is 1. The molecule has 2 aromatic carbocycles. The summed E-state index contributed by atoms with van der Waals surface area (Å²) in [4.78, 5) is 10.5. The number of hydrogen-bond donors (Lipinski definition) is 2. The highest BCUT2D eigenvalue weighted by atomic mass is 79.9. The normalized spacial score (nSPS) is 14.9. The van der Waals surface area contributed by atoms with Crippen LogP contribution in [0.25, 0.3) is 0 Å². The number of methoxy groups -OCH3 is 1. The molecule has 0 saturated carbocycles. The van der Waals surface area contributed by atoms with Crippen molar-refractivity contribution in [3.63, 3.8) is 0 Å². The topological polar surface area (TPSA) is 103 Å². The molecule has 1 heterocycles. The van der Waals surface area contributed by atoms with Gasteiger partial charge in [0.05, 0.1) is 37.7 Å². The predicted molar refractivity (Wildman–Crippen MR) is 148 cm³/mol. The van der Waals surface area contributed by atoms with Crippen molar-refractivity contribution in [2.75, 3.05) is 58.9 Å². The van der Waals surface area contributed by atoms with Crippen molar-refractivity contribution >= 4 is 33.8 Å². The summed E-state index contributed by atoms with van der Waals surface area (Å²) < 4.78 is 36.7. The Morgan fingerprint density at radius 3 is 2.73 bits per heavy atom. The fourth-order valence-electron chi connectivity index (χ4n) is 3.55. The van der Waals surface area contributed by atoms with E-state index in [1.807, 2.05) is 6.07 Å². The zero-order valence-corrected chi connectivity index (χ0v) is 22.7. The maximum Gasteiger partial charge on any atom is 0.164 e. The molecule has 0 aliphatic carbocycles. The molecule has 3 N–H and O–H groups in total. The van der Waals surface area contributed by atoms with E-state index in [4.69, 9.17) is 24.7 Å². The Morgan fingerprint density at radius 2 is 2.03 bits per heavy atom. The van der Waals surface area contributed by atoms with Gasteiger partial charge in [-0.2, -0.15) is 0 Å². The number of hydrogen-bond acceptors (Lipinski definition) is 7. The van der Waals surface area contributed by atoms with Gasteiger partial charge in [-0.1, -0.05) is 0 Å². The van der Waals surface area contributed by atoms with E-state index < -0.39 is 0 Å². The zero-order valence-electron chi connectivity index (χ0n) is 21.1. The molecule has 200 valence electrons. The summed E-state index contributed by atoms with van der Waals surface area (Å²) in [6, 6.07) is 8.15. The second-order valence-corrected chi connectivity index (χ2v) is 8.89. The number of nitrogens with zero attached hydrogens (tertiary/aromatic N) is 3. The predicted octanol–water partition coefficient (Wildman–Crippen LogP) is 4.22. The lowest BCUT2D eigenvalue weighted by Gasteiger charge is -2.26. The Labute approximate surface area is 225 Å². The molecule has 0 bridgehead atoms. The Morgan fingerprint density at radius 1 is 1.22 bits per heavy atom. The Bertz CT molecular complexity index is 1110. The first-order valence-corrected chi connectivity index (χ1v) is 12.7. The minimum Gasteiger partial charge on any atom is -0.493 e. The maximum atomic E-state index is 13.6. The summed E-state index contributed by atoms with van der Waals surface area (Å²) in [6.45, 7) is 5.24. The average molecular weight is 578 g/mol. The molecule has 1 aliphatic rings. The van der Waals surface area contributed by atoms with Crippen molar-refractivity contribution in [1.82, 2.24) is 4.90 Å². The van der Waals surface area contributed by atoms with Gasteiger partial charge in [0.2, 0.25) is 0 Å². The van der Waals surface area contributed by atoms with Gasteiger partial charge in [0.25, 0.3) is 0 Å². The van der Waals surface area contributed by atoms with E-state index in [-0.39, 0.29) is 12.4 Å². The van der Waals surface area contributed by atoms with Gasteiger partial charge < -0.3 is 30.0 Å². The van der Waals surface area contributed by atoms with Crippen LogP contribution >= 0.6 is 15.9 Å². The molecule has 1 saturated heterocycles. The van der Waals surface area contributed by atoms with E-state index in [1.54, 1.807) is 38.4 Å². The molecule has 2 aromatic rings. The minimum absolute atomic E-state index is 0.253. The van der Waals surface area contributed by atoms with Crippen molar-refractivity contribution in [3.05, 3.63) is 58.5 Å². The van der Waals surface area contributed by atoms with Gasteiger partial charge in [0.15, 0.2) is 11.5 Å². The van der Waals surface area contributed by atoms with Gasteiger partial charge in [-0.3, -0.25) is 9.89 Å². The minimum atomic E-state index is -0.356. The van der Waals surface area contributed by atoms with Gasteiger partial charge >= 0.3 is 0 Å². The molecule has 37 heavy (non-hydrogen) atoms. The molecule has 0 unspecified atom stereocenters. The van der Waals surface area contributed by atoms with Crippen LogP contribution in [0.2, 0.25) is 0 Å². The van der Waals surface area contributed by atoms with Crippen LogP contribution < -0.4 is 25.3 Å². The zero-order chi connectivity index (χ0) is 26.5. The quantitative estimate of drug-likeness (QED) is 0.168. The van der Waals surface area contributed by atoms with Crippen molar-refractivity contribution < 1.29 is 23.3 Å². The van der Waals surface area contributed by atoms with Gasteiger partial charge in [0, 0.05) is 56.6 Å². The largest absolute Gasteiger partial charge is 0.493 e. The number of rotatable bonds is 12. The fourth-order valence-corrected chi connectivity index (χ4v) is 3.93. The molecule has 1 fully saturated rings. The number of amidine groups is 1. The average Bonchev–Trinajstić information content (AvgIpc) is 2.92. The van der Waals surface area contributed by atoms with Crippen molar-refractivity contribution in [2.45, 2.75) is 13.0 Å². The highest BCUT2D eigenvalue weighted by Crippen LogP contribution is 2.35. The smallest absolute Gasteiger partial charge is 0.164 e. The summed E-state index contributed by atoms with van der Waals surface area (Å²) in [6.07, 6.45) is 5.39. The molecular formula is C26H33BrFN5O4. The van der Waals surface area contributed by atoms with Gasteiger partial charge in [0.1, 0.15) is 23.7 Å². The Kier molecular flexibility index (Phi) is 11.8. The van der Waals surface area contributed by atoms with Crippen LogP contribution in [0.15, 0.2) is 57.1 Å². The first kappa shape index (κ1) is 28.6. The first-order chi connectivity index (χ1) is 18.0. The molecule has 1 aliphatic heterocycles. The third-order valence-corrected chi connectivity index (χ3v) is 6.08. The van der Waals surface area contributed by atoms with E-state index >= 15 is 0 Å². The molecule has 3 rings (SSSR count). The van der Waals surface area contributed by atoms with Crippen LogP contribution in [0.4, 0.5) is 10.1 Å². The summed E-state index contributed by atoms with van der Waals surface area (Å²) in [7, 11) is 3.19. The molecule has 0 aromatic heterocycles. The van der Waals surface area contributed by atoms with Crippen LogP contribution in [0.5, 0.6) is 17.2 Å². The monoisotopic (exact) mass is 577 g/mol. The molecule has 0 amide bonds. The molecule has 0 atom stereocenters. The number of halogens is 2.